The van der Waals surface area contributed by atoms with Crippen LogP contribution in [0.5, 0.6) is 0 Å². The summed E-state index contributed by atoms with van der Waals surface area (Å²) in [5, 5.41) is 11.0. The van der Waals surface area contributed by atoms with Crippen molar-refractivity contribution in [3.8, 4) is 0 Å². The van der Waals surface area contributed by atoms with Gasteiger partial charge in [0.2, 0.25) is 0 Å². The fourth-order valence-electron chi connectivity index (χ4n) is 6.19. The van der Waals surface area contributed by atoms with Crippen molar-refractivity contribution in [1.29, 1.82) is 0 Å². The molecule has 0 aliphatic carbocycles. The van der Waals surface area contributed by atoms with Gasteiger partial charge in [-0.2, -0.15) is 0 Å². The van der Waals surface area contributed by atoms with Gasteiger partial charge in [-0.1, -0.05) is 155 Å². The number of quaternary nitrogens is 1. The zero-order chi connectivity index (χ0) is 33.4. The minimum absolute atomic E-state index is 0.248. The van der Waals surface area contributed by atoms with Gasteiger partial charge in [-0.25, -0.2) is 0 Å². The number of carbonyl (C=O) groups excluding carboxylic acids is 3. The number of rotatable bonds is 35. The van der Waals surface area contributed by atoms with Crippen molar-refractivity contribution < 1.29 is 28.7 Å². The zero-order valence-corrected chi connectivity index (χ0v) is 30.5. The summed E-state index contributed by atoms with van der Waals surface area (Å²) >= 11 is 0. The van der Waals surface area contributed by atoms with Gasteiger partial charge in [-0.15, -0.1) is 0 Å². The number of hydrogen-bond donors (Lipinski definition) is 0. The largest absolute Gasteiger partial charge is 0.550 e. The number of likely N-dealkylation sites (N-methyl/N-ethyl adjacent to an activating group) is 1. The molecular weight excluding hydrogens is 564 g/mol. The van der Waals surface area contributed by atoms with E-state index in [9.17, 15) is 19.5 Å². The average Bonchev–Trinajstić information content (AvgIpc) is 2.96. The number of nitrogens with zero attached hydrogens (tertiary/aromatic N) is 1. The van der Waals surface area contributed by atoms with Crippen LogP contribution in [-0.2, 0) is 19.1 Å². The van der Waals surface area contributed by atoms with Crippen LogP contribution in [0.25, 0.3) is 0 Å². The van der Waals surface area contributed by atoms with Crippen LogP contribution >= 0.6 is 0 Å². The number of carboxylic acids is 1. The van der Waals surface area contributed by atoms with E-state index in [1.165, 1.54) is 135 Å². The Morgan fingerprint density at radius 3 is 1.24 bits per heavy atom. The predicted octanol–water partition coefficient (Wildman–Crippen LogP) is 9.65. The summed E-state index contributed by atoms with van der Waals surface area (Å²) in [4.78, 5) is 35.3. The highest BCUT2D eigenvalue weighted by Crippen LogP contribution is 2.16. The van der Waals surface area contributed by atoms with Crippen LogP contribution in [-0.4, -0.2) is 56.0 Å². The van der Waals surface area contributed by atoms with Crippen LogP contribution in [0.2, 0.25) is 0 Å². The highest BCUT2D eigenvalue weighted by Gasteiger charge is 2.22. The number of ether oxygens (including phenoxy) is 1. The topological polar surface area (TPSA) is 83.5 Å². The Labute approximate surface area is 279 Å². The number of hydrogen-bond acceptors (Lipinski definition) is 5. The second-order valence-corrected chi connectivity index (χ2v) is 14.8. The monoisotopic (exact) mass is 640 g/mol. The highest BCUT2D eigenvalue weighted by atomic mass is 16.5. The first kappa shape index (κ1) is 43.6. The number of aliphatic carboxylic acids is 1. The summed E-state index contributed by atoms with van der Waals surface area (Å²) in [6.45, 7) is 2.74. The van der Waals surface area contributed by atoms with E-state index in [2.05, 4.69) is 6.92 Å². The lowest BCUT2D eigenvalue weighted by Gasteiger charge is -2.29. The summed E-state index contributed by atoms with van der Waals surface area (Å²) in [6.07, 6.45) is 34.1. The summed E-state index contributed by atoms with van der Waals surface area (Å²) in [5.74, 6) is -0.998. The zero-order valence-electron chi connectivity index (χ0n) is 30.5. The van der Waals surface area contributed by atoms with Crippen molar-refractivity contribution in [3.05, 3.63) is 0 Å². The number of carbonyl (C=O) groups is 3. The lowest BCUT2D eigenvalue weighted by atomic mass is 10.0. The van der Waals surface area contributed by atoms with Crippen molar-refractivity contribution in [2.75, 3.05) is 27.7 Å². The second-order valence-electron chi connectivity index (χ2n) is 14.8. The van der Waals surface area contributed by atoms with Crippen molar-refractivity contribution >= 4 is 17.7 Å². The molecule has 0 rings (SSSR count). The van der Waals surface area contributed by atoms with Crippen LogP contribution in [0.15, 0.2) is 0 Å². The lowest BCUT2D eigenvalue weighted by Crippen LogP contribution is -2.45. The Balaban J connectivity index is 3.40. The molecule has 0 spiro atoms. The molecule has 0 aromatic carbocycles. The first-order valence-electron chi connectivity index (χ1n) is 19.4. The molecule has 1 atom stereocenters. The molecule has 1 unspecified atom stereocenters. The molecule has 0 N–H and O–H groups in total. The molecule has 0 aromatic rings. The summed E-state index contributed by atoms with van der Waals surface area (Å²) in [6, 6.07) is 0. The van der Waals surface area contributed by atoms with E-state index in [0.717, 1.165) is 44.9 Å². The fourth-order valence-corrected chi connectivity index (χ4v) is 6.19. The van der Waals surface area contributed by atoms with Crippen LogP contribution in [0.1, 0.15) is 200 Å². The normalized spacial score (nSPS) is 12.4. The number of Topliss-reactive ketones (excluding diaryl/α,β-unsaturated/α-hetero) is 1. The Hall–Kier alpha value is -1.43. The maximum Gasteiger partial charge on any atom is 0.306 e. The summed E-state index contributed by atoms with van der Waals surface area (Å²) in [5.41, 5.74) is 0. The maximum absolute atomic E-state index is 12.2. The molecular formula is C39H75NO5. The molecule has 6 heteroatoms. The number of esters is 1. The highest BCUT2D eigenvalue weighted by molar-refractivity contribution is 5.78. The standard InChI is InChI=1S/C39H75NO5/c1-5-6-7-8-9-10-11-13-16-19-22-25-28-31-36(41)32-29-26-23-20-17-14-12-15-18-21-24-27-30-33-39(44)45-37(34-38(42)43)35-40(2,3)4/h37H,5-35H2,1-4H3/i36+2. The van der Waals surface area contributed by atoms with Crippen LogP contribution < -0.4 is 5.11 Å². The number of ketones is 1. The second kappa shape index (κ2) is 31.2. The molecule has 0 radical (unpaired) electrons. The van der Waals surface area contributed by atoms with Gasteiger partial charge >= 0.3 is 5.97 Å². The van der Waals surface area contributed by atoms with Gasteiger partial charge < -0.3 is 19.1 Å². The Kier molecular flexibility index (Phi) is 30.2. The Bertz CT molecular complexity index is 702. The quantitative estimate of drug-likeness (QED) is 0.0392. The van der Waals surface area contributed by atoms with E-state index in [4.69, 9.17) is 4.74 Å². The van der Waals surface area contributed by atoms with Gasteiger partial charge in [-0.05, 0) is 19.3 Å². The van der Waals surface area contributed by atoms with Crippen molar-refractivity contribution in [2.24, 2.45) is 0 Å². The van der Waals surface area contributed by atoms with E-state index >= 15 is 0 Å². The molecule has 0 heterocycles. The molecule has 0 saturated carbocycles. The van der Waals surface area contributed by atoms with Gasteiger partial charge in [0.15, 0.2) is 6.10 Å². The Morgan fingerprint density at radius 2 is 0.911 bits per heavy atom. The third-order valence-electron chi connectivity index (χ3n) is 8.84. The first-order chi connectivity index (χ1) is 21.6. The minimum Gasteiger partial charge on any atom is -0.550 e. The third-order valence-corrected chi connectivity index (χ3v) is 8.84. The molecule has 0 fully saturated rings. The third kappa shape index (κ3) is 35.3. The van der Waals surface area contributed by atoms with Gasteiger partial charge in [0.25, 0.3) is 0 Å². The van der Waals surface area contributed by atoms with E-state index < -0.39 is 12.1 Å². The summed E-state index contributed by atoms with van der Waals surface area (Å²) < 4.78 is 5.95. The number of unbranched alkanes of at least 4 members (excludes halogenated alkanes) is 24. The fraction of sp³-hybridized carbons (Fsp3) is 0.923. The van der Waals surface area contributed by atoms with Crippen molar-refractivity contribution in [3.63, 3.8) is 0 Å². The molecule has 0 aliphatic heterocycles. The van der Waals surface area contributed by atoms with Gasteiger partial charge in [0.05, 0.1) is 21.1 Å². The molecule has 45 heavy (non-hydrogen) atoms. The number of carboxylic acid groups (broad SMARTS) is 1. The molecule has 0 aliphatic rings. The predicted molar refractivity (Wildman–Crippen MR) is 187 cm³/mol. The van der Waals surface area contributed by atoms with Crippen LogP contribution in [0.4, 0.5) is 0 Å². The van der Waals surface area contributed by atoms with Gasteiger partial charge in [-0.3, -0.25) is 9.59 Å². The molecule has 0 amide bonds. The smallest absolute Gasteiger partial charge is 0.306 e. The maximum atomic E-state index is 12.2. The Morgan fingerprint density at radius 1 is 0.578 bits per heavy atom. The van der Waals surface area contributed by atoms with Crippen LogP contribution in [0, 0.1) is 0 Å². The molecule has 0 saturated heterocycles. The first-order valence-corrected chi connectivity index (χ1v) is 19.4. The van der Waals surface area contributed by atoms with Gasteiger partial charge in [0, 0.05) is 31.7 Å². The van der Waals surface area contributed by atoms with E-state index in [1.54, 1.807) is 0 Å². The molecule has 266 valence electrons. The molecule has 6 nitrogen and oxygen atoms in total. The van der Waals surface area contributed by atoms with Crippen molar-refractivity contribution in [1.82, 2.24) is 0 Å². The average molecular weight is 640 g/mol. The van der Waals surface area contributed by atoms with Crippen molar-refractivity contribution in [2.45, 2.75) is 206 Å². The SMILES string of the molecule is CCCCCCCCCCCCCCC[14C](=O)CCCCCCCCCCCCCCCC(=O)OC(CC(=O)[O-])C[N+](C)(C)C. The van der Waals surface area contributed by atoms with E-state index in [0.29, 0.717) is 23.2 Å². The lowest BCUT2D eigenvalue weighted by molar-refractivity contribution is -0.873. The molecule has 0 aromatic heterocycles. The van der Waals surface area contributed by atoms with E-state index in [1.807, 2.05) is 21.1 Å². The van der Waals surface area contributed by atoms with Crippen LogP contribution in [0.3, 0.4) is 0 Å². The molecule has 0 bridgehead atoms. The van der Waals surface area contributed by atoms with E-state index in [-0.39, 0.29) is 12.4 Å². The minimum atomic E-state index is -1.18. The van der Waals surface area contributed by atoms with Gasteiger partial charge in [0.1, 0.15) is 12.3 Å². The summed E-state index contributed by atoms with van der Waals surface area (Å²) in [7, 11) is 5.84.